The third-order valence-electron chi connectivity index (χ3n) is 2.02. The predicted octanol–water partition coefficient (Wildman–Crippen LogP) is 2.24. The summed E-state index contributed by atoms with van der Waals surface area (Å²) in [6.45, 7) is 7.00. The van der Waals surface area contributed by atoms with Gasteiger partial charge in [0.1, 0.15) is 11.4 Å². The van der Waals surface area contributed by atoms with Gasteiger partial charge in [-0.3, -0.25) is 0 Å². The molecule has 0 aliphatic rings. The molecule has 1 aromatic rings. The van der Waals surface area contributed by atoms with Crippen LogP contribution in [0.25, 0.3) is 0 Å². The van der Waals surface area contributed by atoms with Crippen molar-refractivity contribution >= 4 is 11.7 Å². The van der Waals surface area contributed by atoms with Crippen LogP contribution in [0.2, 0.25) is 0 Å². The number of nitrogen functional groups attached to an aromatic ring is 1. The van der Waals surface area contributed by atoms with Crippen molar-refractivity contribution in [3.8, 4) is 5.75 Å². The Kier molecular flexibility index (Phi) is 3.12. The molecule has 3 N–H and O–H groups in total. The van der Waals surface area contributed by atoms with Gasteiger partial charge in [-0.15, -0.1) is 0 Å². The number of carbonyl (C=O) groups is 1. The number of aromatic hydroxyl groups is 1. The number of anilines is 1. The predicted molar refractivity (Wildman–Crippen MR) is 62.4 cm³/mol. The maximum absolute atomic E-state index is 11.8. The summed E-state index contributed by atoms with van der Waals surface area (Å²) < 4.78 is 5.21. The standard InChI is InChI=1S/C12H17NO3/c1-7-9(5-8(13)6-10(7)14)11(15)16-12(2,3)4/h5-6,14H,13H2,1-4H3. The molecule has 88 valence electrons. The number of phenolic OH excluding ortho intramolecular Hbond substituents is 1. The van der Waals surface area contributed by atoms with Crippen molar-refractivity contribution in [1.29, 1.82) is 0 Å². The van der Waals surface area contributed by atoms with Gasteiger partial charge in [0.2, 0.25) is 0 Å². The van der Waals surface area contributed by atoms with Gasteiger partial charge in [0, 0.05) is 17.3 Å². The van der Waals surface area contributed by atoms with Crippen molar-refractivity contribution in [3.05, 3.63) is 23.3 Å². The van der Waals surface area contributed by atoms with Crippen LogP contribution < -0.4 is 5.73 Å². The molecule has 0 atom stereocenters. The highest BCUT2D eigenvalue weighted by Gasteiger charge is 2.20. The van der Waals surface area contributed by atoms with Crippen LogP contribution in [0, 0.1) is 6.92 Å². The molecule has 0 aliphatic heterocycles. The normalized spacial score (nSPS) is 11.2. The van der Waals surface area contributed by atoms with E-state index in [4.69, 9.17) is 10.5 Å². The molecule has 4 heteroatoms. The summed E-state index contributed by atoms with van der Waals surface area (Å²) in [6.07, 6.45) is 0. The maximum atomic E-state index is 11.8. The first-order valence-electron chi connectivity index (χ1n) is 5.03. The van der Waals surface area contributed by atoms with E-state index in [-0.39, 0.29) is 5.75 Å². The number of rotatable bonds is 1. The fraction of sp³-hybridized carbons (Fsp3) is 0.417. The van der Waals surface area contributed by atoms with Crippen LogP contribution in [0.3, 0.4) is 0 Å². The quantitative estimate of drug-likeness (QED) is 0.565. The lowest BCUT2D eigenvalue weighted by atomic mass is 10.1. The molecular weight excluding hydrogens is 206 g/mol. The third kappa shape index (κ3) is 2.89. The molecule has 1 aromatic carbocycles. The van der Waals surface area contributed by atoms with Gasteiger partial charge in [-0.25, -0.2) is 4.79 Å². The van der Waals surface area contributed by atoms with Crippen LogP contribution in [0.15, 0.2) is 12.1 Å². The second-order valence-corrected chi connectivity index (χ2v) is 4.71. The van der Waals surface area contributed by atoms with Crippen molar-refractivity contribution in [1.82, 2.24) is 0 Å². The summed E-state index contributed by atoms with van der Waals surface area (Å²) in [5.41, 5.74) is 6.11. The molecule has 0 aliphatic carbocycles. The van der Waals surface area contributed by atoms with Gasteiger partial charge >= 0.3 is 5.97 Å². The number of nitrogens with two attached hydrogens (primary N) is 1. The molecule has 0 spiro atoms. The smallest absolute Gasteiger partial charge is 0.339 e. The van der Waals surface area contributed by atoms with Gasteiger partial charge < -0.3 is 15.6 Å². The van der Waals surface area contributed by atoms with Crippen molar-refractivity contribution in [2.45, 2.75) is 33.3 Å². The SMILES string of the molecule is Cc1c(O)cc(N)cc1C(=O)OC(C)(C)C. The molecule has 0 heterocycles. The molecule has 0 radical (unpaired) electrons. The number of carbonyl (C=O) groups excluding carboxylic acids is 1. The van der Waals surface area contributed by atoms with Crippen molar-refractivity contribution < 1.29 is 14.6 Å². The van der Waals surface area contributed by atoms with E-state index >= 15 is 0 Å². The molecular formula is C12H17NO3. The van der Waals surface area contributed by atoms with Gasteiger partial charge in [0.05, 0.1) is 5.56 Å². The minimum absolute atomic E-state index is 0.000796. The minimum atomic E-state index is -0.566. The lowest BCUT2D eigenvalue weighted by Crippen LogP contribution is -2.24. The second kappa shape index (κ2) is 4.04. The molecule has 0 saturated carbocycles. The Bertz CT molecular complexity index is 419. The van der Waals surface area contributed by atoms with Crippen LogP contribution in [0.4, 0.5) is 5.69 Å². The zero-order valence-electron chi connectivity index (χ0n) is 10.00. The van der Waals surface area contributed by atoms with Gasteiger partial charge in [-0.2, -0.15) is 0 Å². The van der Waals surface area contributed by atoms with Crippen LogP contribution in [-0.4, -0.2) is 16.7 Å². The molecule has 0 amide bonds. The number of hydrogen-bond donors (Lipinski definition) is 2. The summed E-state index contributed by atoms with van der Waals surface area (Å²) >= 11 is 0. The Morgan fingerprint density at radius 3 is 2.44 bits per heavy atom. The van der Waals surface area contributed by atoms with E-state index in [1.807, 2.05) is 0 Å². The van der Waals surface area contributed by atoms with Crippen molar-refractivity contribution in [3.63, 3.8) is 0 Å². The van der Waals surface area contributed by atoms with Gasteiger partial charge in [-0.05, 0) is 33.8 Å². The van der Waals surface area contributed by atoms with Crippen LogP contribution in [0.5, 0.6) is 5.75 Å². The highest BCUT2D eigenvalue weighted by Crippen LogP contribution is 2.25. The van der Waals surface area contributed by atoms with Crippen LogP contribution >= 0.6 is 0 Å². The fourth-order valence-corrected chi connectivity index (χ4v) is 1.27. The molecule has 1 rings (SSSR count). The third-order valence-corrected chi connectivity index (χ3v) is 2.02. The molecule has 0 aromatic heterocycles. The number of benzene rings is 1. The largest absolute Gasteiger partial charge is 0.508 e. The fourth-order valence-electron chi connectivity index (χ4n) is 1.27. The van der Waals surface area contributed by atoms with Crippen molar-refractivity contribution in [2.75, 3.05) is 5.73 Å². The summed E-state index contributed by atoms with van der Waals surface area (Å²) in [5.74, 6) is -0.478. The first-order chi connectivity index (χ1) is 7.20. The molecule has 0 bridgehead atoms. The van der Waals surface area contributed by atoms with Gasteiger partial charge in [0.15, 0.2) is 0 Å². The summed E-state index contributed by atoms with van der Waals surface area (Å²) in [4.78, 5) is 11.8. The summed E-state index contributed by atoms with van der Waals surface area (Å²) in [7, 11) is 0. The average molecular weight is 223 g/mol. The first kappa shape index (κ1) is 12.4. The van der Waals surface area contributed by atoms with Crippen molar-refractivity contribution in [2.24, 2.45) is 0 Å². The number of ether oxygens (including phenoxy) is 1. The number of hydrogen-bond acceptors (Lipinski definition) is 4. The Morgan fingerprint density at radius 1 is 1.38 bits per heavy atom. The highest BCUT2D eigenvalue weighted by atomic mass is 16.6. The minimum Gasteiger partial charge on any atom is -0.508 e. The summed E-state index contributed by atoms with van der Waals surface area (Å²) in [5, 5.41) is 9.54. The topological polar surface area (TPSA) is 72.5 Å². The van der Waals surface area contributed by atoms with Gasteiger partial charge in [-0.1, -0.05) is 0 Å². The van der Waals surface area contributed by atoms with E-state index in [1.165, 1.54) is 12.1 Å². The second-order valence-electron chi connectivity index (χ2n) is 4.71. The van der Waals surface area contributed by atoms with E-state index in [9.17, 15) is 9.90 Å². The molecule has 0 fully saturated rings. The highest BCUT2D eigenvalue weighted by molar-refractivity contribution is 5.93. The Hall–Kier alpha value is -1.71. The first-order valence-corrected chi connectivity index (χ1v) is 5.03. The number of esters is 1. The van der Waals surface area contributed by atoms with Crippen LogP contribution in [0.1, 0.15) is 36.7 Å². The zero-order chi connectivity index (χ0) is 12.5. The zero-order valence-corrected chi connectivity index (χ0v) is 10.00. The Morgan fingerprint density at radius 2 is 1.94 bits per heavy atom. The summed E-state index contributed by atoms with van der Waals surface area (Å²) in [6, 6.07) is 2.91. The molecule has 16 heavy (non-hydrogen) atoms. The number of phenols is 1. The maximum Gasteiger partial charge on any atom is 0.339 e. The monoisotopic (exact) mass is 223 g/mol. The lowest BCUT2D eigenvalue weighted by Gasteiger charge is -2.20. The average Bonchev–Trinajstić information content (AvgIpc) is 2.08. The van der Waals surface area contributed by atoms with Crippen LogP contribution in [-0.2, 0) is 4.74 Å². The van der Waals surface area contributed by atoms with E-state index in [1.54, 1.807) is 27.7 Å². The van der Waals surface area contributed by atoms with E-state index in [2.05, 4.69) is 0 Å². The lowest BCUT2D eigenvalue weighted by molar-refractivity contribution is 0.00683. The van der Waals surface area contributed by atoms with E-state index < -0.39 is 11.6 Å². The molecule has 4 nitrogen and oxygen atoms in total. The van der Waals surface area contributed by atoms with E-state index in [0.29, 0.717) is 16.8 Å². The Labute approximate surface area is 95.0 Å². The Balaban J connectivity index is 3.09. The molecule has 0 saturated heterocycles. The van der Waals surface area contributed by atoms with E-state index in [0.717, 1.165) is 0 Å². The molecule has 0 unspecified atom stereocenters. The van der Waals surface area contributed by atoms with Gasteiger partial charge in [0.25, 0.3) is 0 Å².